The van der Waals surface area contributed by atoms with E-state index in [-0.39, 0.29) is 29.6 Å². The first kappa shape index (κ1) is 17.0. The molecule has 0 saturated heterocycles. The summed E-state index contributed by atoms with van der Waals surface area (Å²) >= 11 is 6.17. The van der Waals surface area contributed by atoms with Crippen molar-refractivity contribution in [3.63, 3.8) is 0 Å². The summed E-state index contributed by atoms with van der Waals surface area (Å²) in [5.74, 6) is -0.724. The van der Waals surface area contributed by atoms with Crippen LogP contribution in [0.1, 0.15) is 5.56 Å². The molecule has 3 rings (SSSR count). The van der Waals surface area contributed by atoms with Crippen molar-refractivity contribution >= 4 is 29.1 Å². The topological polar surface area (TPSA) is 125 Å². The Balaban J connectivity index is 2.11. The van der Waals surface area contributed by atoms with Gasteiger partial charge in [0.25, 0.3) is 0 Å². The summed E-state index contributed by atoms with van der Waals surface area (Å²) in [4.78, 5) is 12.7. The van der Waals surface area contributed by atoms with Gasteiger partial charge in [0.2, 0.25) is 0 Å². The van der Waals surface area contributed by atoms with Gasteiger partial charge < -0.3 is 30.6 Å². The Kier molecular flexibility index (Phi) is 4.47. The van der Waals surface area contributed by atoms with Crippen LogP contribution in [0.5, 0.6) is 17.2 Å². The normalized spacial score (nSPS) is 16.8. The first-order valence-electron chi connectivity index (χ1n) is 7.39. The second kappa shape index (κ2) is 6.58. The number of hydrogen-bond donors (Lipinski definition) is 6. The number of rotatable bonds is 2. The minimum absolute atomic E-state index is 0.0118. The van der Waals surface area contributed by atoms with Crippen molar-refractivity contribution in [1.29, 1.82) is 0 Å². The number of halogens is 1. The molecule has 0 spiro atoms. The SMILES string of the molecule is O=C(O)NC1CN(c2ccc(O)cc2)c2cc(O)c(O)c(Cl)c2CN1. The predicted molar refractivity (Wildman–Crippen MR) is 91.7 cm³/mol. The number of carbonyl (C=O) groups is 1. The summed E-state index contributed by atoms with van der Waals surface area (Å²) in [5, 5.41) is 43.7. The highest BCUT2D eigenvalue weighted by molar-refractivity contribution is 6.33. The summed E-state index contributed by atoms with van der Waals surface area (Å²) in [7, 11) is 0. The van der Waals surface area contributed by atoms with Crippen molar-refractivity contribution < 1.29 is 25.2 Å². The highest BCUT2D eigenvalue weighted by Crippen LogP contribution is 2.44. The van der Waals surface area contributed by atoms with Crippen molar-refractivity contribution in [2.45, 2.75) is 12.7 Å². The van der Waals surface area contributed by atoms with E-state index in [9.17, 15) is 20.1 Å². The lowest BCUT2D eigenvalue weighted by atomic mass is 10.1. The van der Waals surface area contributed by atoms with Crippen LogP contribution in [0.25, 0.3) is 0 Å². The van der Waals surface area contributed by atoms with Crippen molar-refractivity contribution in [2.75, 3.05) is 11.4 Å². The molecule has 2 aromatic rings. The van der Waals surface area contributed by atoms with Crippen molar-refractivity contribution in [3.05, 3.63) is 40.9 Å². The molecule has 25 heavy (non-hydrogen) atoms. The van der Waals surface area contributed by atoms with Gasteiger partial charge in [-0.15, -0.1) is 0 Å². The van der Waals surface area contributed by atoms with Gasteiger partial charge in [0.15, 0.2) is 11.5 Å². The number of nitrogens with one attached hydrogen (secondary N) is 2. The number of hydrogen-bond acceptors (Lipinski definition) is 6. The van der Waals surface area contributed by atoms with Crippen LogP contribution in [0.3, 0.4) is 0 Å². The number of fused-ring (bicyclic) bond motifs is 1. The van der Waals surface area contributed by atoms with E-state index in [1.54, 1.807) is 17.0 Å². The van der Waals surface area contributed by atoms with Crippen LogP contribution in [0.15, 0.2) is 30.3 Å². The largest absolute Gasteiger partial charge is 0.508 e. The zero-order valence-corrected chi connectivity index (χ0v) is 13.7. The third-order valence-corrected chi connectivity index (χ3v) is 4.35. The van der Waals surface area contributed by atoms with E-state index >= 15 is 0 Å². The minimum Gasteiger partial charge on any atom is -0.508 e. The van der Waals surface area contributed by atoms with Gasteiger partial charge in [-0.05, 0) is 24.3 Å². The summed E-state index contributed by atoms with van der Waals surface area (Å²) < 4.78 is 0. The van der Waals surface area contributed by atoms with Crippen LogP contribution in [0, 0.1) is 0 Å². The molecule has 0 fully saturated rings. The third-order valence-electron chi connectivity index (χ3n) is 3.94. The van der Waals surface area contributed by atoms with E-state index in [2.05, 4.69) is 10.6 Å². The summed E-state index contributed by atoms with van der Waals surface area (Å²) in [6.45, 7) is 0.381. The molecule has 0 radical (unpaired) electrons. The lowest BCUT2D eigenvalue weighted by Crippen LogP contribution is -2.49. The Hall–Kier alpha value is -2.84. The second-order valence-corrected chi connectivity index (χ2v) is 5.94. The lowest BCUT2D eigenvalue weighted by Gasteiger charge is -2.28. The zero-order chi connectivity index (χ0) is 18.1. The number of nitrogens with zero attached hydrogens (tertiary/aromatic N) is 1. The maximum Gasteiger partial charge on any atom is 0.405 e. The predicted octanol–water partition coefficient (Wildman–Crippen LogP) is 2.29. The number of anilines is 2. The molecular formula is C16H16ClN3O5. The Morgan fingerprint density at radius 1 is 1.24 bits per heavy atom. The fraction of sp³-hybridized carbons (Fsp3) is 0.188. The lowest BCUT2D eigenvalue weighted by molar-refractivity contribution is 0.187. The van der Waals surface area contributed by atoms with Gasteiger partial charge in [-0.25, -0.2) is 4.79 Å². The van der Waals surface area contributed by atoms with Gasteiger partial charge in [-0.3, -0.25) is 5.32 Å². The molecule has 9 heteroatoms. The first-order valence-corrected chi connectivity index (χ1v) is 7.77. The van der Waals surface area contributed by atoms with Gasteiger partial charge in [-0.2, -0.15) is 0 Å². The van der Waals surface area contributed by atoms with Crippen LogP contribution in [-0.2, 0) is 6.54 Å². The van der Waals surface area contributed by atoms with E-state index in [1.165, 1.54) is 18.2 Å². The molecule has 0 saturated carbocycles. The van der Waals surface area contributed by atoms with Crippen molar-refractivity contribution in [3.8, 4) is 17.2 Å². The van der Waals surface area contributed by atoms with Gasteiger partial charge in [0, 0.05) is 23.9 Å². The molecule has 1 amide bonds. The first-order chi connectivity index (χ1) is 11.9. The van der Waals surface area contributed by atoms with Gasteiger partial charge in [0.1, 0.15) is 11.9 Å². The molecule has 2 aromatic carbocycles. The molecule has 0 aromatic heterocycles. The Bertz CT molecular complexity index is 812. The molecular weight excluding hydrogens is 350 g/mol. The van der Waals surface area contributed by atoms with Gasteiger partial charge >= 0.3 is 6.09 Å². The van der Waals surface area contributed by atoms with E-state index in [4.69, 9.17) is 16.7 Å². The van der Waals surface area contributed by atoms with Gasteiger partial charge in [-0.1, -0.05) is 11.6 Å². The molecule has 1 unspecified atom stereocenters. The molecule has 1 atom stereocenters. The van der Waals surface area contributed by atoms with E-state index in [0.717, 1.165) is 0 Å². The van der Waals surface area contributed by atoms with Crippen LogP contribution in [0.2, 0.25) is 5.02 Å². The third kappa shape index (κ3) is 3.35. The number of amides is 1. The fourth-order valence-electron chi connectivity index (χ4n) is 2.76. The standard InChI is InChI=1S/C16H16ClN3O5/c17-14-10-6-18-13(19-16(24)25)7-20(8-1-3-9(21)4-2-8)11(10)5-12(22)15(14)23/h1-5,13,18-19,21-23H,6-7H2,(H,24,25). The van der Waals surface area contributed by atoms with Gasteiger partial charge in [0.05, 0.1) is 17.3 Å². The number of aromatic hydroxyl groups is 3. The highest BCUT2D eigenvalue weighted by atomic mass is 35.5. The molecule has 1 aliphatic heterocycles. The van der Waals surface area contributed by atoms with Crippen molar-refractivity contribution in [1.82, 2.24) is 10.6 Å². The average Bonchev–Trinajstić information content (AvgIpc) is 2.73. The summed E-state index contributed by atoms with van der Waals surface area (Å²) in [6.07, 6.45) is -1.81. The number of carboxylic acid groups (broad SMARTS) is 1. The number of phenolic OH excluding ortho intramolecular Hbond substituents is 3. The maximum absolute atomic E-state index is 11.0. The number of benzene rings is 2. The highest BCUT2D eigenvalue weighted by Gasteiger charge is 2.27. The smallest absolute Gasteiger partial charge is 0.405 e. The minimum atomic E-state index is -1.19. The second-order valence-electron chi connectivity index (χ2n) is 5.57. The van der Waals surface area contributed by atoms with E-state index in [0.29, 0.717) is 16.9 Å². The molecule has 0 aliphatic carbocycles. The summed E-state index contributed by atoms with van der Waals surface area (Å²) in [6, 6.07) is 7.66. The van der Waals surface area contributed by atoms with E-state index < -0.39 is 18.0 Å². The summed E-state index contributed by atoms with van der Waals surface area (Å²) in [5.41, 5.74) is 1.69. The average molecular weight is 366 g/mol. The van der Waals surface area contributed by atoms with Crippen LogP contribution >= 0.6 is 11.6 Å². The molecule has 0 bridgehead atoms. The molecule has 6 N–H and O–H groups in total. The fourth-order valence-corrected chi connectivity index (χ4v) is 3.02. The number of phenols is 3. The Morgan fingerprint density at radius 2 is 1.92 bits per heavy atom. The quantitative estimate of drug-likeness (QED) is 0.451. The van der Waals surface area contributed by atoms with Crippen LogP contribution in [-0.4, -0.2) is 39.2 Å². The molecule has 1 aliphatic rings. The Morgan fingerprint density at radius 3 is 2.56 bits per heavy atom. The molecule has 8 nitrogen and oxygen atoms in total. The van der Waals surface area contributed by atoms with Crippen LogP contribution < -0.4 is 15.5 Å². The molecule has 132 valence electrons. The maximum atomic E-state index is 11.0. The van der Waals surface area contributed by atoms with E-state index in [1.807, 2.05) is 0 Å². The van der Waals surface area contributed by atoms with Crippen molar-refractivity contribution in [2.24, 2.45) is 0 Å². The monoisotopic (exact) mass is 365 g/mol. The van der Waals surface area contributed by atoms with Crippen LogP contribution in [0.4, 0.5) is 16.2 Å². The zero-order valence-electron chi connectivity index (χ0n) is 12.9. The molecule has 1 heterocycles. The Labute approximate surface area is 147 Å².